The Labute approximate surface area is 254 Å². The van der Waals surface area contributed by atoms with Crippen LogP contribution in [0.2, 0.25) is 0 Å². The van der Waals surface area contributed by atoms with Crippen LogP contribution in [0.5, 0.6) is 11.5 Å². The van der Waals surface area contributed by atoms with Gasteiger partial charge in [0.05, 0.1) is 30.9 Å². The lowest BCUT2D eigenvalue weighted by Gasteiger charge is -2.49. The van der Waals surface area contributed by atoms with Gasteiger partial charge in [0.15, 0.2) is 12.2 Å². The summed E-state index contributed by atoms with van der Waals surface area (Å²) < 4.78 is 38.6. The van der Waals surface area contributed by atoms with E-state index in [0.29, 0.717) is 11.3 Å². The van der Waals surface area contributed by atoms with E-state index in [4.69, 9.17) is 33.2 Å². The second-order valence-corrected chi connectivity index (χ2v) is 9.91. The molecule has 1 fully saturated rings. The molecule has 0 bridgehead atoms. The fourth-order valence-corrected chi connectivity index (χ4v) is 4.89. The van der Waals surface area contributed by atoms with Gasteiger partial charge in [0, 0.05) is 27.7 Å². The Kier molecular flexibility index (Phi) is 11.3. The molecule has 0 saturated carbocycles. The first-order valence-corrected chi connectivity index (χ1v) is 13.7. The maximum Gasteiger partial charge on any atom is 0.303 e. The molecule has 1 heterocycles. The molecule has 1 N–H and O–H groups in total. The monoisotopic (exact) mass is 613 g/mol. The third kappa shape index (κ3) is 8.03. The van der Waals surface area contributed by atoms with Gasteiger partial charge in [-0.15, -0.1) is 0 Å². The Balaban J connectivity index is 2.28. The number of nitriles is 1. The minimum absolute atomic E-state index is 0.000862. The molecule has 44 heavy (non-hydrogen) atoms. The molecule has 5 atom stereocenters. The lowest BCUT2D eigenvalue weighted by Crippen LogP contribution is -2.66. The van der Waals surface area contributed by atoms with Gasteiger partial charge >= 0.3 is 23.9 Å². The number of methoxy groups -OCH3 is 1. The molecule has 236 valence electrons. The summed E-state index contributed by atoms with van der Waals surface area (Å²) in [5.74, 6) is -5.27. The lowest BCUT2D eigenvalue weighted by atomic mass is 9.85. The SMILES string of the molecule is CCOc1cc(C#N)c(Cc2ccc(OC)cc2)cc1[C@]1(O)O[C@H](COC(C)=O)[C@@H](OC(C)=O)[C@H](OC(C)=O)[C@H]1OC(C)=O. The number of carbonyl (C=O) groups excluding carboxylic acids is 4. The molecule has 0 amide bonds. The highest BCUT2D eigenvalue weighted by Crippen LogP contribution is 2.45. The number of rotatable bonds is 11. The van der Waals surface area contributed by atoms with Crippen molar-refractivity contribution in [3.63, 3.8) is 0 Å². The van der Waals surface area contributed by atoms with Crippen LogP contribution in [0.25, 0.3) is 0 Å². The van der Waals surface area contributed by atoms with Crippen LogP contribution in [-0.2, 0) is 55.1 Å². The molecule has 1 aliphatic rings. The summed E-state index contributed by atoms with van der Waals surface area (Å²) in [6.45, 7) is 5.61. The average Bonchev–Trinajstić information content (AvgIpc) is 2.95. The van der Waals surface area contributed by atoms with E-state index in [2.05, 4.69) is 6.07 Å². The third-order valence-electron chi connectivity index (χ3n) is 6.62. The van der Waals surface area contributed by atoms with Crippen molar-refractivity contribution in [2.24, 2.45) is 0 Å². The van der Waals surface area contributed by atoms with Crippen LogP contribution in [-0.4, -0.2) is 73.7 Å². The highest BCUT2D eigenvalue weighted by Gasteiger charge is 2.61. The number of aliphatic hydroxyl groups is 1. The fourth-order valence-electron chi connectivity index (χ4n) is 4.89. The molecule has 1 aliphatic heterocycles. The summed E-state index contributed by atoms with van der Waals surface area (Å²) in [5.41, 5.74) is 1.38. The maximum atomic E-state index is 12.4. The summed E-state index contributed by atoms with van der Waals surface area (Å²) in [6, 6.07) is 12.1. The molecule has 0 unspecified atom stereocenters. The van der Waals surface area contributed by atoms with E-state index in [9.17, 15) is 29.5 Å². The molecule has 0 aromatic heterocycles. The Morgan fingerprint density at radius 2 is 1.55 bits per heavy atom. The highest BCUT2D eigenvalue weighted by atomic mass is 16.7. The molecule has 0 spiro atoms. The number of esters is 4. The van der Waals surface area contributed by atoms with Crippen molar-refractivity contribution in [1.29, 1.82) is 5.26 Å². The van der Waals surface area contributed by atoms with Crippen molar-refractivity contribution in [1.82, 2.24) is 0 Å². The van der Waals surface area contributed by atoms with Gasteiger partial charge < -0.3 is 38.3 Å². The zero-order chi connectivity index (χ0) is 32.6. The van der Waals surface area contributed by atoms with Gasteiger partial charge in [0.1, 0.15) is 24.2 Å². The van der Waals surface area contributed by atoms with Gasteiger partial charge in [0.25, 0.3) is 0 Å². The van der Waals surface area contributed by atoms with E-state index in [-0.39, 0.29) is 29.9 Å². The molecule has 2 aromatic carbocycles. The number of benzene rings is 2. The van der Waals surface area contributed by atoms with E-state index in [0.717, 1.165) is 33.3 Å². The summed E-state index contributed by atoms with van der Waals surface area (Å²) >= 11 is 0. The van der Waals surface area contributed by atoms with E-state index >= 15 is 0 Å². The quantitative estimate of drug-likeness (QED) is 0.289. The molecule has 0 radical (unpaired) electrons. The van der Waals surface area contributed by atoms with E-state index in [1.807, 2.05) is 0 Å². The Morgan fingerprint density at radius 3 is 2.07 bits per heavy atom. The maximum absolute atomic E-state index is 12.4. The topological polar surface area (TPSA) is 177 Å². The van der Waals surface area contributed by atoms with E-state index in [1.54, 1.807) is 31.2 Å². The highest BCUT2D eigenvalue weighted by molar-refractivity contribution is 5.69. The predicted molar refractivity (Wildman–Crippen MR) is 150 cm³/mol. The van der Waals surface area contributed by atoms with Gasteiger partial charge in [-0.25, -0.2) is 0 Å². The first-order chi connectivity index (χ1) is 20.8. The average molecular weight is 614 g/mol. The number of carbonyl (C=O) groups is 4. The number of hydrogen-bond acceptors (Lipinski definition) is 13. The Morgan fingerprint density at radius 1 is 0.932 bits per heavy atom. The molecule has 2 aromatic rings. The van der Waals surface area contributed by atoms with Crippen LogP contribution < -0.4 is 9.47 Å². The van der Waals surface area contributed by atoms with Gasteiger partial charge in [0.2, 0.25) is 11.9 Å². The fraction of sp³-hybridized carbons (Fsp3) is 0.452. The summed E-state index contributed by atoms with van der Waals surface area (Å²) in [5, 5.41) is 22.4. The number of nitrogens with zero attached hydrogens (tertiary/aromatic N) is 1. The van der Waals surface area contributed by atoms with Crippen molar-refractivity contribution in [2.45, 2.75) is 71.2 Å². The first-order valence-electron chi connectivity index (χ1n) is 13.7. The first kappa shape index (κ1) is 33.8. The minimum Gasteiger partial charge on any atom is -0.497 e. The van der Waals surface area contributed by atoms with E-state index in [1.165, 1.54) is 19.2 Å². The predicted octanol–water partition coefficient (Wildman–Crippen LogP) is 2.46. The zero-order valence-electron chi connectivity index (χ0n) is 25.3. The van der Waals surface area contributed by atoms with Crippen molar-refractivity contribution in [3.8, 4) is 17.6 Å². The number of hydrogen-bond donors (Lipinski definition) is 1. The Bertz CT molecular complexity index is 1420. The smallest absolute Gasteiger partial charge is 0.303 e. The standard InChI is InChI=1S/C31H35NO12/c1-7-39-26-14-23(15-32)22(12-21-8-10-24(38-6)11-9-21)13-25(26)31(37)30(43-20(5)36)29(42-19(4)35)28(41-18(3)34)27(44-31)16-40-17(2)33/h8-11,13-14,27-30,37H,7,12,16H2,1-6H3/t27-,28-,29+,30-,31+/m1/s1. The molecular weight excluding hydrogens is 578 g/mol. The molecule has 13 heteroatoms. The van der Waals surface area contributed by atoms with Crippen molar-refractivity contribution < 1.29 is 57.4 Å². The molecule has 0 aliphatic carbocycles. The van der Waals surface area contributed by atoms with Crippen molar-refractivity contribution in [2.75, 3.05) is 20.3 Å². The van der Waals surface area contributed by atoms with Gasteiger partial charge in [-0.3, -0.25) is 19.2 Å². The zero-order valence-corrected chi connectivity index (χ0v) is 25.3. The molecule has 3 rings (SSSR count). The third-order valence-corrected chi connectivity index (χ3v) is 6.62. The second kappa shape index (κ2) is 14.7. The van der Waals surface area contributed by atoms with Crippen LogP contribution in [0.15, 0.2) is 36.4 Å². The van der Waals surface area contributed by atoms with Crippen LogP contribution in [0.3, 0.4) is 0 Å². The molecule has 1 saturated heterocycles. The lowest BCUT2D eigenvalue weighted by molar-refractivity contribution is -0.360. The van der Waals surface area contributed by atoms with Crippen molar-refractivity contribution in [3.05, 3.63) is 58.7 Å². The second-order valence-electron chi connectivity index (χ2n) is 9.91. The van der Waals surface area contributed by atoms with Crippen LogP contribution in [0, 0.1) is 11.3 Å². The summed E-state index contributed by atoms with van der Waals surface area (Å²) in [7, 11) is 1.54. The molecule has 13 nitrogen and oxygen atoms in total. The molecular formula is C31H35NO12. The normalized spacial score (nSPS) is 22.6. The summed E-state index contributed by atoms with van der Waals surface area (Å²) in [4.78, 5) is 48.5. The minimum atomic E-state index is -2.64. The van der Waals surface area contributed by atoms with Crippen molar-refractivity contribution >= 4 is 23.9 Å². The van der Waals surface area contributed by atoms with Gasteiger partial charge in [-0.2, -0.15) is 5.26 Å². The van der Waals surface area contributed by atoms with E-state index < -0.39 is 60.7 Å². The van der Waals surface area contributed by atoms with Crippen LogP contribution in [0.1, 0.15) is 56.9 Å². The largest absolute Gasteiger partial charge is 0.497 e. The Hall–Kier alpha value is -4.67. The number of ether oxygens (including phenoxy) is 7. The van der Waals surface area contributed by atoms with Gasteiger partial charge in [-0.05, 0) is 48.7 Å². The van der Waals surface area contributed by atoms with Gasteiger partial charge in [-0.1, -0.05) is 12.1 Å². The van der Waals surface area contributed by atoms with Crippen LogP contribution >= 0.6 is 0 Å². The van der Waals surface area contributed by atoms with Crippen LogP contribution in [0.4, 0.5) is 0 Å². The summed E-state index contributed by atoms with van der Waals surface area (Å²) in [6.07, 6.45) is -6.12.